The molecule has 1 amide bonds. The van der Waals surface area contributed by atoms with Crippen molar-refractivity contribution in [2.75, 3.05) is 16.6 Å². The number of halogens is 1. The lowest BCUT2D eigenvalue weighted by Crippen LogP contribution is -2.39. The lowest BCUT2D eigenvalue weighted by atomic mass is 10.1. The molecule has 7 nitrogen and oxygen atoms in total. The number of hydrogen-bond acceptors (Lipinski definition) is 5. The molecule has 0 unspecified atom stereocenters. The Kier molecular flexibility index (Phi) is 5.38. The number of aryl methyl sites for hydroxylation is 1. The van der Waals surface area contributed by atoms with Gasteiger partial charge in [-0.1, -0.05) is 12.1 Å². The predicted octanol–water partition coefficient (Wildman–Crippen LogP) is 2.94. The van der Waals surface area contributed by atoms with E-state index >= 15 is 0 Å². The van der Waals surface area contributed by atoms with Crippen LogP contribution >= 0.6 is 0 Å². The number of carbonyl (C=O) groups excluding carboxylic acids is 1. The van der Waals surface area contributed by atoms with Crippen LogP contribution < -0.4 is 9.62 Å². The molecule has 0 atom stereocenters. The van der Waals surface area contributed by atoms with Crippen molar-refractivity contribution in [2.45, 2.75) is 26.3 Å². The molecule has 3 heterocycles. The average Bonchev–Trinajstić information content (AvgIpc) is 2.74. The Bertz CT molecular complexity index is 1210. The van der Waals surface area contributed by atoms with Crippen LogP contribution in [0.2, 0.25) is 0 Å². The van der Waals surface area contributed by atoms with Crippen LogP contribution in [-0.4, -0.2) is 36.6 Å². The minimum atomic E-state index is -3.51. The fourth-order valence-corrected chi connectivity index (χ4v) is 5.15. The summed E-state index contributed by atoms with van der Waals surface area (Å²) in [5, 5.41) is 3.36. The number of benzene rings is 1. The molecule has 1 saturated heterocycles. The highest BCUT2D eigenvalue weighted by Crippen LogP contribution is 2.31. The molecule has 1 N–H and O–H groups in total. The van der Waals surface area contributed by atoms with Crippen molar-refractivity contribution in [2.24, 2.45) is 0 Å². The molecule has 3 aromatic rings. The van der Waals surface area contributed by atoms with E-state index in [0.717, 1.165) is 12.0 Å². The van der Waals surface area contributed by atoms with Gasteiger partial charge in [0.15, 0.2) is 5.82 Å². The first kappa shape index (κ1) is 20.2. The summed E-state index contributed by atoms with van der Waals surface area (Å²) in [7, 11) is -3.51. The van der Waals surface area contributed by atoms with E-state index in [4.69, 9.17) is 0 Å². The largest absolute Gasteiger partial charge is 0.347 e. The highest BCUT2D eigenvalue weighted by atomic mass is 32.2. The van der Waals surface area contributed by atoms with E-state index in [1.165, 1.54) is 16.4 Å². The van der Waals surface area contributed by atoms with Crippen LogP contribution in [0.15, 0.2) is 42.6 Å². The van der Waals surface area contributed by atoms with Gasteiger partial charge in [0.1, 0.15) is 11.5 Å². The van der Waals surface area contributed by atoms with E-state index in [9.17, 15) is 17.6 Å². The molecule has 1 aliphatic heterocycles. The van der Waals surface area contributed by atoms with Crippen molar-refractivity contribution in [1.82, 2.24) is 15.3 Å². The number of nitrogens with zero attached hydrogens (tertiary/aromatic N) is 3. The maximum absolute atomic E-state index is 13.1. The molecule has 1 aromatic carbocycles. The van der Waals surface area contributed by atoms with Crippen LogP contribution in [0.4, 0.5) is 10.2 Å². The van der Waals surface area contributed by atoms with E-state index in [1.54, 1.807) is 37.4 Å². The Labute approximate surface area is 174 Å². The minimum absolute atomic E-state index is 0.0520. The molecule has 9 heteroatoms. The molecule has 0 spiro atoms. The van der Waals surface area contributed by atoms with Crippen LogP contribution in [0, 0.1) is 12.7 Å². The molecule has 0 saturated carbocycles. The number of rotatable bonds is 4. The number of pyridine rings is 2. The molecule has 0 bridgehead atoms. The molecular formula is C21H21FN4O3S. The number of fused-ring (bicyclic) bond motifs is 1. The summed E-state index contributed by atoms with van der Waals surface area (Å²) in [6.45, 7) is 2.25. The van der Waals surface area contributed by atoms with Crippen LogP contribution in [0.5, 0.6) is 0 Å². The summed E-state index contributed by atoms with van der Waals surface area (Å²) in [5.41, 5.74) is 1.97. The Morgan fingerprint density at radius 1 is 1.20 bits per heavy atom. The first-order valence-electron chi connectivity index (χ1n) is 9.65. The minimum Gasteiger partial charge on any atom is -0.347 e. The number of hydrogen-bond donors (Lipinski definition) is 1. The van der Waals surface area contributed by atoms with Gasteiger partial charge in [-0.25, -0.2) is 17.8 Å². The van der Waals surface area contributed by atoms with Gasteiger partial charge in [0.05, 0.1) is 11.3 Å². The molecule has 1 aliphatic rings. The van der Waals surface area contributed by atoms with Crippen molar-refractivity contribution in [3.05, 3.63) is 65.2 Å². The molecular weight excluding hydrogens is 407 g/mol. The first-order valence-corrected chi connectivity index (χ1v) is 11.3. The van der Waals surface area contributed by atoms with Crippen LogP contribution in [0.3, 0.4) is 0 Å². The molecule has 2 aromatic heterocycles. The van der Waals surface area contributed by atoms with Gasteiger partial charge >= 0.3 is 0 Å². The zero-order valence-corrected chi connectivity index (χ0v) is 17.2. The number of carbonyl (C=O) groups is 1. The van der Waals surface area contributed by atoms with E-state index in [-0.39, 0.29) is 29.6 Å². The second kappa shape index (κ2) is 7.98. The standard InChI is InChI=1S/C21H21FN4O3S/c1-14-18-17(5-4-10-23-18)20(26-11-2-3-12-30(26,28)29)25-19(14)21(27)24-13-15-6-8-16(22)9-7-15/h4-10H,2-3,11-13H2,1H3,(H,24,27). The second-order valence-corrected chi connectivity index (χ2v) is 9.23. The van der Waals surface area contributed by atoms with E-state index in [2.05, 4.69) is 15.3 Å². The third-order valence-corrected chi connectivity index (χ3v) is 6.98. The highest BCUT2D eigenvalue weighted by molar-refractivity contribution is 7.92. The Hall–Kier alpha value is -3.07. The fraction of sp³-hybridized carbons (Fsp3) is 0.286. The Balaban J connectivity index is 1.73. The first-order chi connectivity index (χ1) is 14.4. The lowest BCUT2D eigenvalue weighted by molar-refractivity contribution is 0.0945. The third kappa shape index (κ3) is 3.85. The summed E-state index contributed by atoms with van der Waals surface area (Å²) in [4.78, 5) is 21.8. The van der Waals surface area contributed by atoms with Gasteiger partial charge in [-0.05, 0) is 49.6 Å². The van der Waals surface area contributed by atoms with Crippen molar-refractivity contribution in [3.63, 3.8) is 0 Å². The van der Waals surface area contributed by atoms with E-state index in [0.29, 0.717) is 29.4 Å². The molecule has 0 radical (unpaired) electrons. The van der Waals surface area contributed by atoms with Crippen LogP contribution in [0.1, 0.15) is 34.5 Å². The van der Waals surface area contributed by atoms with E-state index < -0.39 is 15.9 Å². The summed E-state index contributed by atoms with van der Waals surface area (Å²) in [5.74, 6) is -0.512. The molecule has 1 fully saturated rings. The van der Waals surface area contributed by atoms with Gasteiger partial charge in [-0.2, -0.15) is 0 Å². The maximum atomic E-state index is 13.1. The summed E-state index contributed by atoms with van der Waals surface area (Å²) in [6, 6.07) is 9.31. The predicted molar refractivity (Wildman–Crippen MR) is 112 cm³/mol. The smallest absolute Gasteiger partial charge is 0.270 e. The van der Waals surface area contributed by atoms with Gasteiger partial charge in [0, 0.05) is 30.2 Å². The van der Waals surface area contributed by atoms with E-state index in [1.807, 2.05) is 0 Å². The van der Waals surface area contributed by atoms with Gasteiger partial charge in [0.25, 0.3) is 5.91 Å². The number of sulfonamides is 1. The van der Waals surface area contributed by atoms with Gasteiger partial charge in [-0.3, -0.25) is 14.1 Å². The summed E-state index contributed by atoms with van der Waals surface area (Å²) in [6.07, 6.45) is 2.93. The second-order valence-electron chi connectivity index (χ2n) is 7.21. The van der Waals surface area contributed by atoms with Gasteiger partial charge < -0.3 is 5.32 Å². The quantitative estimate of drug-likeness (QED) is 0.690. The Morgan fingerprint density at radius 2 is 1.97 bits per heavy atom. The number of nitrogens with one attached hydrogen (secondary N) is 1. The monoisotopic (exact) mass is 428 g/mol. The van der Waals surface area contributed by atoms with Crippen molar-refractivity contribution >= 4 is 32.7 Å². The summed E-state index contributed by atoms with van der Waals surface area (Å²) < 4.78 is 39.7. The third-order valence-electron chi connectivity index (χ3n) is 5.14. The highest BCUT2D eigenvalue weighted by Gasteiger charge is 2.30. The SMILES string of the molecule is Cc1c(C(=O)NCc2ccc(F)cc2)nc(N2CCCCS2(=O)=O)c2cccnc12. The fourth-order valence-electron chi connectivity index (χ4n) is 3.55. The number of amides is 1. The van der Waals surface area contributed by atoms with Crippen LogP contribution in [-0.2, 0) is 16.6 Å². The molecule has 30 heavy (non-hydrogen) atoms. The van der Waals surface area contributed by atoms with Crippen LogP contribution in [0.25, 0.3) is 10.9 Å². The molecule has 156 valence electrons. The zero-order valence-electron chi connectivity index (χ0n) is 16.4. The summed E-state index contributed by atoms with van der Waals surface area (Å²) >= 11 is 0. The Morgan fingerprint density at radius 3 is 2.70 bits per heavy atom. The average molecular weight is 428 g/mol. The maximum Gasteiger partial charge on any atom is 0.270 e. The van der Waals surface area contributed by atoms with Crippen molar-refractivity contribution < 1.29 is 17.6 Å². The normalized spacial score (nSPS) is 15.9. The van der Waals surface area contributed by atoms with Gasteiger partial charge in [0.2, 0.25) is 10.0 Å². The van der Waals surface area contributed by atoms with Crippen molar-refractivity contribution in [3.8, 4) is 0 Å². The lowest BCUT2D eigenvalue weighted by Gasteiger charge is -2.28. The molecule has 0 aliphatic carbocycles. The number of anilines is 1. The number of aromatic nitrogens is 2. The molecule has 4 rings (SSSR count). The topological polar surface area (TPSA) is 92.3 Å². The van der Waals surface area contributed by atoms with Gasteiger partial charge in [-0.15, -0.1) is 0 Å². The zero-order chi connectivity index (χ0) is 21.3. The van der Waals surface area contributed by atoms with Crippen molar-refractivity contribution in [1.29, 1.82) is 0 Å².